The van der Waals surface area contributed by atoms with E-state index in [9.17, 15) is 9.90 Å². The van der Waals surface area contributed by atoms with Crippen molar-refractivity contribution in [3.63, 3.8) is 0 Å². The molecule has 0 unspecified atom stereocenters. The van der Waals surface area contributed by atoms with Gasteiger partial charge in [-0.1, -0.05) is 18.2 Å². The minimum absolute atomic E-state index is 0.192. The SMILES string of the molecule is CN(CCOc1ccccc1)c1ccc(N)cc1C(=O)O. The van der Waals surface area contributed by atoms with Crippen LogP contribution < -0.4 is 15.4 Å². The number of carboxylic acid groups (broad SMARTS) is 1. The third-order valence-corrected chi connectivity index (χ3v) is 3.10. The maximum absolute atomic E-state index is 11.3. The molecule has 0 saturated heterocycles. The summed E-state index contributed by atoms with van der Waals surface area (Å²) in [7, 11) is 1.83. The summed E-state index contributed by atoms with van der Waals surface area (Å²) in [5.74, 6) is -0.199. The Morgan fingerprint density at radius 3 is 2.62 bits per heavy atom. The molecule has 2 aromatic rings. The molecule has 0 fully saturated rings. The summed E-state index contributed by atoms with van der Waals surface area (Å²) in [6.45, 7) is 1.03. The average molecular weight is 286 g/mol. The molecule has 0 aliphatic heterocycles. The van der Waals surface area contributed by atoms with Crippen LogP contribution in [0.3, 0.4) is 0 Å². The maximum Gasteiger partial charge on any atom is 0.337 e. The van der Waals surface area contributed by atoms with E-state index in [4.69, 9.17) is 10.5 Å². The van der Waals surface area contributed by atoms with Crippen molar-refractivity contribution >= 4 is 17.3 Å². The molecule has 0 radical (unpaired) electrons. The van der Waals surface area contributed by atoms with Crippen LogP contribution in [0, 0.1) is 0 Å². The number of rotatable bonds is 6. The second kappa shape index (κ2) is 6.65. The molecular formula is C16H18N2O3. The van der Waals surface area contributed by atoms with Gasteiger partial charge in [-0.3, -0.25) is 0 Å². The fourth-order valence-corrected chi connectivity index (χ4v) is 2.00. The van der Waals surface area contributed by atoms with E-state index in [-0.39, 0.29) is 5.56 Å². The van der Waals surface area contributed by atoms with Crippen molar-refractivity contribution in [1.82, 2.24) is 0 Å². The summed E-state index contributed by atoms with van der Waals surface area (Å²) in [4.78, 5) is 13.1. The predicted octanol–water partition coefficient (Wildman–Crippen LogP) is 2.48. The lowest BCUT2D eigenvalue weighted by Crippen LogP contribution is -2.25. The summed E-state index contributed by atoms with van der Waals surface area (Å²) in [5, 5.41) is 9.23. The van der Waals surface area contributed by atoms with Crippen LogP contribution in [0.4, 0.5) is 11.4 Å². The predicted molar refractivity (Wildman–Crippen MR) is 83.0 cm³/mol. The van der Waals surface area contributed by atoms with E-state index in [1.54, 1.807) is 12.1 Å². The second-order valence-electron chi connectivity index (χ2n) is 4.66. The lowest BCUT2D eigenvalue weighted by Gasteiger charge is -2.21. The Bertz CT molecular complexity index is 614. The normalized spacial score (nSPS) is 10.1. The lowest BCUT2D eigenvalue weighted by molar-refractivity contribution is 0.0697. The minimum atomic E-state index is -0.992. The van der Waals surface area contributed by atoms with Crippen molar-refractivity contribution in [2.75, 3.05) is 30.8 Å². The molecular weight excluding hydrogens is 268 g/mol. The van der Waals surface area contributed by atoms with Crippen LogP contribution in [0.1, 0.15) is 10.4 Å². The van der Waals surface area contributed by atoms with Crippen LogP contribution in [0.2, 0.25) is 0 Å². The molecule has 0 aliphatic carbocycles. The van der Waals surface area contributed by atoms with Gasteiger partial charge in [0.1, 0.15) is 12.4 Å². The van der Waals surface area contributed by atoms with Crippen molar-refractivity contribution in [2.24, 2.45) is 0 Å². The molecule has 0 saturated carbocycles. The van der Waals surface area contributed by atoms with Gasteiger partial charge in [0.05, 0.1) is 17.8 Å². The molecule has 110 valence electrons. The molecule has 0 amide bonds. The zero-order chi connectivity index (χ0) is 15.2. The molecule has 2 rings (SSSR count). The van der Waals surface area contributed by atoms with Crippen molar-refractivity contribution in [1.29, 1.82) is 0 Å². The molecule has 0 atom stereocenters. The van der Waals surface area contributed by atoms with Gasteiger partial charge in [-0.2, -0.15) is 0 Å². The lowest BCUT2D eigenvalue weighted by atomic mass is 10.1. The number of ether oxygens (including phenoxy) is 1. The molecule has 0 heterocycles. The van der Waals surface area contributed by atoms with Crippen LogP contribution >= 0.6 is 0 Å². The number of likely N-dealkylation sites (N-methyl/N-ethyl adjacent to an activating group) is 1. The smallest absolute Gasteiger partial charge is 0.337 e. The molecule has 3 N–H and O–H groups in total. The number of hydrogen-bond acceptors (Lipinski definition) is 4. The molecule has 2 aromatic carbocycles. The zero-order valence-electron chi connectivity index (χ0n) is 11.8. The number of carboxylic acids is 1. The number of anilines is 2. The third kappa shape index (κ3) is 3.89. The number of benzene rings is 2. The Balaban J connectivity index is 2.00. The first-order chi connectivity index (χ1) is 10.1. The zero-order valence-corrected chi connectivity index (χ0v) is 11.8. The molecule has 5 nitrogen and oxygen atoms in total. The van der Waals surface area contributed by atoms with Gasteiger partial charge >= 0.3 is 5.97 Å². The minimum Gasteiger partial charge on any atom is -0.492 e. The van der Waals surface area contributed by atoms with Crippen molar-refractivity contribution in [2.45, 2.75) is 0 Å². The molecule has 0 aromatic heterocycles. The molecule has 21 heavy (non-hydrogen) atoms. The molecule has 0 spiro atoms. The molecule has 0 bridgehead atoms. The number of nitrogens with two attached hydrogens (primary N) is 1. The van der Waals surface area contributed by atoms with Crippen LogP contribution in [0.15, 0.2) is 48.5 Å². The number of hydrogen-bond donors (Lipinski definition) is 2. The number of carbonyl (C=O) groups is 1. The second-order valence-corrected chi connectivity index (χ2v) is 4.66. The van der Waals surface area contributed by atoms with Crippen molar-refractivity contribution in [3.8, 4) is 5.75 Å². The van der Waals surface area contributed by atoms with Crippen molar-refractivity contribution < 1.29 is 14.6 Å². The van der Waals surface area contributed by atoms with Crippen molar-refractivity contribution in [3.05, 3.63) is 54.1 Å². The van der Waals surface area contributed by atoms with Gasteiger partial charge in [0.2, 0.25) is 0 Å². The average Bonchev–Trinajstić information content (AvgIpc) is 2.48. The van der Waals surface area contributed by atoms with Crippen LogP contribution in [-0.2, 0) is 0 Å². The summed E-state index contributed by atoms with van der Waals surface area (Å²) in [5.41, 5.74) is 6.88. The summed E-state index contributed by atoms with van der Waals surface area (Å²) >= 11 is 0. The van der Waals surface area contributed by atoms with E-state index < -0.39 is 5.97 Å². The number of para-hydroxylation sites is 1. The Morgan fingerprint density at radius 2 is 1.95 bits per heavy atom. The van der Waals surface area contributed by atoms with Crippen LogP contribution in [0.25, 0.3) is 0 Å². The molecule has 0 aliphatic rings. The Kier molecular flexibility index (Phi) is 4.66. The number of nitrogen functional groups attached to an aromatic ring is 1. The topological polar surface area (TPSA) is 75.8 Å². The highest BCUT2D eigenvalue weighted by Crippen LogP contribution is 2.22. The van der Waals surface area contributed by atoms with Crippen LogP contribution in [0.5, 0.6) is 5.75 Å². The first kappa shape index (κ1) is 14.7. The molecule has 5 heteroatoms. The van der Waals surface area contributed by atoms with Gasteiger partial charge in [-0.25, -0.2) is 4.79 Å². The van der Waals surface area contributed by atoms with Gasteiger partial charge in [0, 0.05) is 12.7 Å². The van der Waals surface area contributed by atoms with Gasteiger partial charge in [-0.15, -0.1) is 0 Å². The highest BCUT2D eigenvalue weighted by molar-refractivity contribution is 5.95. The van der Waals surface area contributed by atoms with Gasteiger partial charge in [0.15, 0.2) is 0 Å². The van der Waals surface area contributed by atoms with Gasteiger partial charge in [0.25, 0.3) is 0 Å². The Labute approximate surface area is 123 Å². The highest BCUT2D eigenvalue weighted by atomic mass is 16.5. The summed E-state index contributed by atoms with van der Waals surface area (Å²) in [6, 6.07) is 14.4. The third-order valence-electron chi connectivity index (χ3n) is 3.10. The standard InChI is InChI=1S/C16H18N2O3/c1-18(9-10-21-13-5-3-2-4-6-13)15-8-7-12(17)11-14(15)16(19)20/h2-8,11H,9-10,17H2,1H3,(H,19,20). The van der Waals surface area contributed by atoms with E-state index in [0.29, 0.717) is 24.5 Å². The van der Waals surface area contributed by atoms with E-state index >= 15 is 0 Å². The van der Waals surface area contributed by atoms with Crippen LogP contribution in [-0.4, -0.2) is 31.3 Å². The first-order valence-corrected chi connectivity index (χ1v) is 6.59. The van der Waals surface area contributed by atoms with Gasteiger partial charge in [-0.05, 0) is 30.3 Å². The Hall–Kier alpha value is -2.69. The van der Waals surface area contributed by atoms with E-state index in [1.807, 2.05) is 42.3 Å². The van der Waals surface area contributed by atoms with E-state index in [2.05, 4.69) is 0 Å². The monoisotopic (exact) mass is 286 g/mol. The highest BCUT2D eigenvalue weighted by Gasteiger charge is 2.13. The summed E-state index contributed by atoms with van der Waals surface area (Å²) in [6.07, 6.45) is 0. The first-order valence-electron chi connectivity index (χ1n) is 6.59. The van der Waals surface area contributed by atoms with Gasteiger partial charge < -0.3 is 20.5 Å². The van der Waals surface area contributed by atoms with E-state index in [0.717, 1.165) is 5.75 Å². The fourth-order valence-electron chi connectivity index (χ4n) is 2.00. The quantitative estimate of drug-likeness (QED) is 0.798. The summed E-state index contributed by atoms with van der Waals surface area (Å²) < 4.78 is 5.61. The number of nitrogens with zero attached hydrogens (tertiary/aromatic N) is 1. The largest absolute Gasteiger partial charge is 0.492 e. The van der Waals surface area contributed by atoms with E-state index in [1.165, 1.54) is 6.07 Å². The number of aromatic carboxylic acids is 1. The Morgan fingerprint density at radius 1 is 1.24 bits per heavy atom. The maximum atomic E-state index is 11.3. The fraction of sp³-hybridized carbons (Fsp3) is 0.188.